The normalized spacial score (nSPS) is 13.7. The summed E-state index contributed by atoms with van der Waals surface area (Å²) in [6.45, 7) is 3.71. The summed E-state index contributed by atoms with van der Waals surface area (Å²) in [6.07, 6.45) is 1.16. The Hall–Kier alpha value is -1.55. The van der Waals surface area contributed by atoms with Gasteiger partial charge < -0.3 is 15.2 Å². The first-order valence-electron chi connectivity index (χ1n) is 6.68. The van der Waals surface area contributed by atoms with Gasteiger partial charge in [0, 0.05) is 12.0 Å². The van der Waals surface area contributed by atoms with Gasteiger partial charge in [-0.05, 0) is 25.8 Å². The van der Waals surface area contributed by atoms with E-state index in [-0.39, 0.29) is 11.9 Å². The maximum absolute atomic E-state index is 11.8. The molecule has 0 heterocycles. The third kappa shape index (κ3) is 4.91. The molecule has 2 unspecified atom stereocenters. The second kappa shape index (κ2) is 7.79. The third-order valence-electron chi connectivity index (χ3n) is 3.05. The van der Waals surface area contributed by atoms with Gasteiger partial charge >= 0.3 is 0 Å². The fourth-order valence-corrected chi connectivity index (χ4v) is 1.96. The van der Waals surface area contributed by atoms with Crippen LogP contribution in [0.15, 0.2) is 24.3 Å². The molecule has 1 aromatic rings. The van der Waals surface area contributed by atoms with E-state index in [1.165, 1.54) is 0 Å². The molecule has 0 aliphatic carbocycles. The van der Waals surface area contributed by atoms with Crippen molar-refractivity contribution in [3.63, 3.8) is 0 Å². The number of aliphatic hydroxyl groups excluding tert-OH is 1. The highest BCUT2D eigenvalue weighted by Gasteiger charge is 2.16. The molecule has 19 heavy (non-hydrogen) atoms. The van der Waals surface area contributed by atoms with Gasteiger partial charge in [0.2, 0.25) is 5.91 Å². The summed E-state index contributed by atoms with van der Waals surface area (Å²) in [4.78, 5) is 11.8. The Kier molecular flexibility index (Phi) is 6.36. The molecule has 4 nitrogen and oxygen atoms in total. The van der Waals surface area contributed by atoms with Crippen LogP contribution in [0.1, 0.15) is 44.7 Å². The summed E-state index contributed by atoms with van der Waals surface area (Å²) in [5.41, 5.74) is 0.984. The van der Waals surface area contributed by atoms with E-state index in [1.54, 1.807) is 14.0 Å². The number of methoxy groups -OCH3 is 1. The number of amides is 1. The minimum Gasteiger partial charge on any atom is -0.496 e. The monoisotopic (exact) mass is 265 g/mol. The summed E-state index contributed by atoms with van der Waals surface area (Å²) in [7, 11) is 1.63. The number of carbonyl (C=O) groups excluding carboxylic acids is 1. The highest BCUT2D eigenvalue weighted by molar-refractivity contribution is 5.76. The number of hydrogen-bond donors (Lipinski definition) is 2. The Labute approximate surface area is 114 Å². The molecular formula is C15H23NO3. The number of aliphatic hydroxyl groups is 1. The fourth-order valence-electron chi connectivity index (χ4n) is 1.96. The highest BCUT2D eigenvalue weighted by Crippen LogP contribution is 2.26. The van der Waals surface area contributed by atoms with Gasteiger partial charge in [0.05, 0.1) is 19.3 Å². The molecule has 0 aromatic heterocycles. The topological polar surface area (TPSA) is 58.6 Å². The molecule has 1 rings (SSSR count). The van der Waals surface area contributed by atoms with Gasteiger partial charge in [-0.3, -0.25) is 4.79 Å². The Morgan fingerprint density at radius 1 is 1.42 bits per heavy atom. The Balaban J connectivity index is 2.70. The van der Waals surface area contributed by atoms with Crippen molar-refractivity contribution in [3.8, 4) is 5.75 Å². The van der Waals surface area contributed by atoms with Crippen molar-refractivity contribution in [1.82, 2.24) is 5.32 Å². The number of nitrogens with one attached hydrogen (secondary N) is 1. The first-order chi connectivity index (χ1) is 9.08. The largest absolute Gasteiger partial charge is 0.496 e. The third-order valence-corrected chi connectivity index (χ3v) is 3.05. The molecule has 0 bridgehead atoms. The van der Waals surface area contributed by atoms with Gasteiger partial charge in [0.1, 0.15) is 5.75 Å². The summed E-state index contributed by atoms with van der Waals surface area (Å²) in [6, 6.07) is 7.63. The molecule has 2 atom stereocenters. The molecule has 2 N–H and O–H groups in total. The van der Waals surface area contributed by atoms with Crippen molar-refractivity contribution in [2.45, 2.75) is 45.3 Å². The van der Waals surface area contributed by atoms with Crippen LogP contribution in [0.4, 0.5) is 0 Å². The van der Waals surface area contributed by atoms with Crippen molar-refractivity contribution >= 4 is 5.91 Å². The van der Waals surface area contributed by atoms with Gasteiger partial charge in [-0.15, -0.1) is 0 Å². The zero-order valence-corrected chi connectivity index (χ0v) is 11.8. The maximum atomic E-state index is 11.8. The smallest absolute Gasteiger partial charge is 0.220 e. The number of para-hydroxylation sites is 1. The Bertz CT molecular complexity index is 404. The quantitative estimate of drug-likeness (QED) is 0.796. The predicted octanol–water partition coefficient (Wildman–Crippen LogP) is 2.42. The van der Waals surface area contributed by atoms with Crippen LogP contribution < -0.4 is 10.1 Å². The molecule has 0 saturated heterocycles. The van der Waals surface area contributed by atoms with Crippen LogP contribution in [0.25, 0.3) is 0 Å². The molecule has 0 radical (unpaired) electrons. The van der Waals surface area contributed by atoms with E-state index in [1.807, 2.05) is 31.2 Å². The number of rotatable bonds is 7. The van der Waals surface area contributed by atoms with E-state index in [0.717, 1.165) is 17.7 Å². The molecule has 106 valence electrons. The maximum Gasteiger partial charge on any atom is 0.220 e. The van der Waals surface area contributed by atoms with Crippen molar-refractivity contribution in [3.05, 3.63) is 29.8 Å². The van der Waals surface area contributed by atoms with Crippen LogP contribution >= 0.6 is 0 Å². The first-order valence-corrected chi connectivity index (χ1v) is 6.68. The second-order valence-electron chi connectivity index (χ2n) is 4.66. The van der Waals surface area contributed by atoms with Gasteiger partial charge in [0.25, 0.3) is 0 Å². The fraction of sp³-hybridized carbons (Fsp3) is 0.533. The zero-order valence-electron chi connectivity index (χ0n) is 11.8. The minimum absolute atomic E-state index is 0.0429. The SMILES string of the molecule is CCC(NC(=O)CCC(C)O)c1ccccc1OC. The molecule has 1 amide bonds. The summed E-state index contributed by atoms with van der Waals surface area (Å²) in [5, 5.41) is 12.2. The summed E-state index contributed by atoms with van der Waals surface area (Å²) >= 11 is 0. The van der Waals surface area contributed by atoms with Gasteiger partial charge in [-0.2, -0.15) is 0 Å². The average Bonchev–Trinajstić information content (AvgIpc) is 2.42. The van der Waals surface area contributed by atoms with Crippen molar-refractivity contribution in [2.24, 2.45) is 0 Å². The van der Waals surface area contributed by atoms with E-state index in [9.17, 15) is 9.90 Å². The molecule has 0 fully saturated rings. The minimum atomic E-state index is -0.447. The van der Waals surface area contributed by atoms with E-state index in [2.05, 4.69) is 5.32 Å². The van der Waals surface area contributed by atoms with Gasteiger partial charge in [0.15, 0.2) is 0 Å². The lowest BCUT2D eigenvalue weighted by Crippen LogP contribution is -2.28. The molecule has 1 aromatic carbocycles. The van der Waals surface area contributed by atoms with Crippen LogP contribution in [0, 0.1) is 0 Å². The summed E-state index contributed by atoms with van der Waals surface area (Å²) < 4.78 is 5.32. The van der Waals surface area contributed by atoms with E-state index < -0.39 is 6.10 Å². The van der Waals surface area contributed by atoms with Gasteiger partial charge in [-0.1, -0.05) is 25.1 Å². The lowest BCUT2D eigenvalue weighted by molar-refractivity contribution is -0.122. The van der Waals surface area contributed by atoms with Crippen molar-refractivity contribution in [1.29, 1.82) is 0 Å². The van der Waals surface area contributed by atoms with Crippen LogP contribution in [0.3, 0.4) is 0 Å². The molecule has 4 heteroatoms. The van der Waals surface area contributed by atoms with E-state index >= 15 is 0 Å². The highest BCUT2D eigenvalue weighted by atomic mass is 16.5. The average molecular weight is 265 g/mol. The number of ether oxygens (including phenoxy) is 1. The standard InChI is InChI=1S/C15H23NO3/c1-4-13(16-15(18)10-9-11(2)17)12-7-5-6-8-14(12)19-3/h5-8,11,13,17H,4,9-10H2,1-3H3,(H,16,18). The summed E-state index contributed by atoms with van der Waals surface area (Å²) in [5.74, 6) is 0.740. The lowest BCUT2D eigenvalue weighted by atomic mass is 10.0. The van der Waals surface area contributed by atoms with Crippen LogP contribution in [-0.2, 0) is 4.79 Å². The molecule has 0 aliphatic rings. The van der Waals surface area contributed by atoms with Gasteiger partial charge in [-0.25, -0.2) is 0 Å². The van der Waals surface area contributed by atoms with Crippen molar-refractivity contribution < 1.29 is 14.6 Å². The predicted molar refractivity (Wildman–Crippen MR) is 75.1 cm³/mol. The van der Waals surface area contributed by atoms with Crippen LogP contribution in [0.5, 0.6) is 5.75 Å². The zero-order chi connectivity index (χ0) is 14.3. The molecule has 0 aliphatic heterocycles. The van der Waals surface area contributed by atoms with E-state index in [0.29, 0.717) is 12.8 Å². The Morgan fingerprint density at radius 3 is 2.68 bits per heavy atom. The molecule has 0 spiro atoms. The second-order valence-corrected chi connectivity index (χ2v) is 4.66. The lowest BCUT2D eigenvalue weighted by Gasteiger charge is -2.20. The first kappa shape index (κ1) is 15.5. The van der Waals surface area contributed by atoms with Crippen LogP contribution in [0.2, 0.25) is 0 Å². The van der Waals surface area contributed by atoms with Crippen molar-refractivity contribution in [2.75, 3.05) is 7.11 Å². The van der Waals surface area contributed by atoms with Crippen LogP contribution in [-0.4, -0.2) is 24.2 Å². The van der Waals surface area contributed by atoms with E-state index in [4.69, 9.17) is 4.74 Å². The molecular weight excluding hydrogens is 242 g/mol. The number of carbonyl (C=O) groups is 1. The number of hydrogen-bond acceptors (Lipinski definition) is 3. The molecule has 0 saturated carbocycles. The number of benzene rings is 1. The Morgan fingerprint density at radius 2 is 2.11 bits per heavy atom.